The number of esters is 1. The van der Waals surface area contributed by atoms with Gasteiger partial charge in [0.2, 0.25) is 0 Å². The number of ether oxygens (including phenoxy) is 1. The maximum absolute atomic E-state index is 12.2. The van der Waals surface area contributed by atoms with Gasteiger partial charge in [-0.2, -0.15) is 0 Å². The van der Waals surface area contributed by atoms with Crippen molar-refractivity contribution in [2.75, 3.05) is 6.61 Å². The maximum atomic E-state index is 12.2. The van der Waals surface area contributed by atoms with Gasteiger partial charge >= 0.3 is 5.97 Å². The average Bonchev–Trinajstić information content (AvgIpc) is 3.08. The highest BCUT2D eigenvalue weighted by Crippen LogP contribution is 2.19. The molecule has 128 valence electrons. The van der Waals surface area contributed by atoms with Crippen LogP contribution in [0.15, 0.2) is 16.7 Å². The Bertz CT molecular complexity index is 788. The molecule has 2 heterocycles. The minimum Gasteiger partial charge on any atom is -0.469 e. The van der Waals surface area contributed by atoms with E-state index in [0.29, 0.717) is 28.1 Å². The molecule has 2 aromatic heterocycles. The Balaban J connectivity index is 2.11. The molecule has 0 aromatic carbocycles. The van der Waals surface area contributed by atoms with Crippen molar-refractivity contribution in [1.29, 1.82) is 0 Å². The van der Waals surface area contributed by atoms with Gasteiger partial charge in [-0.1, -0.05) is 0 Å². The van der Waals surface area contributed by atoms with Crippen LogP contribution in [-0.2, 0) is 4.74 Å². The van der Waals surface area contributed by atoms with Crippen LogP contribution in [0.3, 0.4) is 0 Å². The van der Waals surface area contributed by atoms with Crippen molar-refractivity contribution in [2.24, 2.45) is 0 Å². The number of aryl methyl sites for hydroxylation is 2. The van der Waals surface area contributed by atoms with E-state index >= 15 is 0 Å². The summed E-state index contributed by atoms with van der Waals surface area (Å²) in [5.41, 5.74) is 6.40. The van der Waals surface area contributed by atoms with Crippen LogP contribution < -0.4 is 10.9 Å². The number of aromatic nitrogens is 1. The van der Waals surface area contributed by atoms with Crippen molar-refractivity contribution >= 4 is 17.8 Å². The van der Waals surface area contributed by atoms with Crippen molar-refractivity contribution < 1.29 is 23.5 Å². The van der Waals surface area contributed by atoms with Gasteiger partial charge in [0.05, 0.1) is 24.0 Å². The van der Waals surface area contributed by atoms with E-state index in [2.05, 4.69) is 15.8 Å². The number of nitrogens with one attached hydrogen (secondary N) is 3. The van der Waals surface area contributed by atoms with E-state index in [1.165, 1.54) is 12.3 Å². The lowest BCUT2D eigenvalue weighted by molar-refractivity contribution is 0.0524. The van der Waals surface area contributed by atoms with Crippen molar-refractivity contribution in [3.8, 4) is 0 Å². The predicted molar refractivity (Wildman–Crippen MR) is 84.6 cm³/mol. The Morgan fingerprint density at radius 1 is 1.17 bits per heavy atom. The summed E-state index contributed by atoms with van der Waals surface area (Å²) in [6.07, 6.45) is 1.39. The summed E-state index contributed by atoms with van der Waals surface area (Å²) >= 11 is 0. The van der Waals surface area contributed by atoms with Crippen molar-refractivity contribution in [3.05, 3.63) is 46.2 Å². The summed E-state index contributed by atoms with van der Waals surface area (Å²) in [6, 6.07) is 1.50. The molecule has 0 unspecified atom stereocenters. The molecule has 2 aromatic rings. The lowest BCUT2D eigenvalue weighted by Gasteiger charge is -2.07. The highest BCUT2D eigenvalue weighted by Gasteiger charge is 2.23. The minimum atomic E-state index is -0.569. The predicted octanol–water partition coefficient (Wildman–Crippen LogP) is 1.78. The molecule has 0 radical (unpaired) electrons. The zero-order chi connectivity index (χ0) is 17.9. The number of hydrazine groups is 1. The summed E-state index contributed by atoms with van der Waals surface area (Å²) in [7, 11) is 0. The Morgan fingerprint density at radius 2 is 1.83 bits per heavy atom. The lowest BCUT2D eigenvalue weighted by atomic mass is 10.1. The molecule has 8 nitrogen and oxygen atoms in total. The van der Waals surface area contributed by atoms with Gasteiger partial charge in [0.15, 0.2) is 0 Å². The first-order valence-corrected chi connectivity index (χ1v) is 7.37. The van der Waals surface area contributed by atoms with E-state index in [4.69, 9.17) is 9.15 Å². The van der Waals surface area contributed by atoms with E-state index in [1.54, 1.807) is 27.7 Å². The number of furan rings is 1. The number of hydrogen-bond acceptors (Lipinski definition) is 5. The quantitative estimate of drug-likeness (QED) is 0.583. The van der Waals surface area contributed by atoms with Crippen molar-refractivity contribution in [1.82, 2.24) is 15.8 Å². The second-order valence-corrected chi connectivity index (χ2v) is 5.14. The molecule has 0 spiro atoms. The molecule has 8 heteroatoms. The van der Waals surface area contributed by atoms with Gasteiger partial charge in [-0.3, -0.25) is 20.4 Å². The number of amides is 2. The van der Waals surface area contributed by atoms with E-state index in [-0.39, 0.29) is 12.3 Å². The highest BCUT2D eigenvalue weighted by molar-refractivity contribution is 6.02. The van der Waals surface area contributed by atoms with Crippen LogP contribution in [0.25, 0.3) is 0 Å². The molecule has 0 bridgehead atoms. The standard InChI is InChI=1S/C16H19N3O5/c1-5-23-16(22)12-8(2)13(17-9(12)3)15(21)19-18-14(20)11-6-7-24-10(11)4/h6-7,17H,5H2,1-4H3,(H,18,20)(H,19,21). The number of rotatable bonds is 4. The van der Waals surface area contributed by atoms with Gasteiger partial charge < -0.3 is 14.1 Å². The van der Waals surface area contributed by atoms with Gasteiger partial charge in [0.1, 0.15) is 11.5 Å². The van der Waals surface area contributed by atoms with Crippen molar-refractivity contribution in [3.63, 3.8) is 0 Å². The smallest absolute Gasteiger partial charge is 0.340 e. The monoisotopic (exact) mass is 333 g/mol. The topological polar surface area (TPSA) is 113 Å². The zero-order valence-corrected chi connectivity index (χ0v) is 13.9. The number of aromatic amines is 1. The van der Waals surface area contributed by atoms with Gasteiger partial charge in [0.25, 0.3) is 11.8 Å². The first-order chi connectivity index (χ1) is 11.4. The molecule has 2 amide bonds. The van der Waals surface area contributed by atoms with Crippen LogP contribution in [0.5, 0.6) is 0 Å². The van der Waals surface area contributed by atoms with Gasteiger partial charge in [-0.25, -0.2) is 4.79 Å². The fraction of sp³-hybridized carbons (Fsp3) is 0.312. The third-order valence-corrected chi connectivity index (χ3v) is 3.54. The first-order valence-electron chi connectivity index (χ1n) is 7.37. The molecule has 0 aliphatic rings. The van der Waals surface area contributed by atoms with E-state index < -0.39 is 17.8 Å². The molecule has 0 aliphatic carbocycles. The summed E-state index contributed by atoms with van der Waals surface area (Å²) in [6.45, 7) is 6.89. The third kappa shape index (κ3) is 3.32. The Morgan fingerprint density at radius 3 is 2.42 bits per heavy atom. The molecule has 0 fully saturated rings. The fourth-order valence-electron chi connectivity index (χ4n) is 2.35. The number of carbonyl (C=O) groups excluding carboxylic acids is 3. The molecular formula is C16H19N3O5. The van der Waals surface area contributed by atoms with Crippen LogP contribution in [-0.4, -0.2) is 29.4 Å². The molecule has 2 rings (SSSR count). The minimum absolute atomic E-state index is 0.180. The second-order valence-electron chi connectivity index (χ2n) is 5.14. The van der Waals surface area contributed by atoms with Crippen LogP contribution in [0.4, 0.5) is 0 Å². The summed E-state index contributed by atoms with van der Waals surface area (Å²) < 4.78 is 10.0. The number of H-pyrrole nitrogens is 1. The zero-order valence-electron chi connectivity index (χ0n) is 13.9. The first kappa shape index (κ1) is 17.3. The molecule has 0 saturated heterocycles. The molecular weight excluding hydrogens is 314 g/mol. The highest BCUT2D eigenvalue weighted by atomic mass is 16.5. The molecule has 3 N–H and O–H groups in total. The normalized spacial score (nSPS) is 10.3. The molecule has 0 atom stereocenters. The summed E-state index contributed by atoms with van der Waals surface area (Å²) in [5, 5.41) is 0. The van der Waals surface area contributed by atoms with E-state index in [1.807, 2.05) is 0 Å². The summed E-state index contributed by atoms with van der Waals surface area (Å²) in [4.78, 5) is 38.9. The molecule has 0 saturated carbocycles. The largest absolute Gasteiger partial charge is 0.469 e. The molecule has 0 aliphatic heterocycles. The number of carbonyl (C=O) groups is 3. The van der Waals surface area contributed by atoms with Gasteiger partial charge in [0, 0.05) is 5.69 Å². The lowest BCUT2D eigenvalue weighted by Crippen LogP contribution is -2.42. The van der Waals surface area contributed by atoms with Gasteiger partial charge in [-0.15, -0.1) is 0 Å². The van der Waals surface area contributed by atoms with Crippen LogP contribution >= 0.6 is 0 Å². The van der Waals surface area contributed by atoms with Gasteiger partial charge in [-0.05, 0) is 39.3 Å². The number of hydrogen-bond donors (Lipinski definition) is 3. The van der Waals surface area contributed by atoms with E-state index in [9.17, 15) is 14.4 Å². The Hall–Kier alpha value is -3.03. The summed E-state index contributed by atoms with van der Waals surface area (Å²) in [5.74, 6) is -1.12. The Kier molecular flexibility index (Phi) is 5.08. The van der Waals surface area contributed by atoms with Crippen molar-refractivity contribution in [2.45, 2.75) is 27.7 Å². The molecule has 24 heavy (non-hydrogen) atoms. The fourth-order valence-corrected chi connectivity index (χ4v) is 2.35. The van der Waals surface area contributed by atoms with E-state index in [0.717, 1.165) is 0 Å². The van der Waals surface area contributed by atoms with Crippen LogP contribution in [0, 0.1) is 20.8 Å². The third-order valence-electron chi connectivity index (χ3n) is 3.54. The maximum Gasteiger partial charge on any atom is 0.340 e. The average molecular weight is 333 g/mol. The second kappa shape index (κ2) is 7.03. The van der Waals surface area contributed by atoms with Crippen LogP contribution in [0.2, 0.25) is 0 Å². The SMILES string of the molecule is CCOC(=O)c1c(C)[nH]c(C(=O)NNC(=O)c2ccoc2C)c1C. The van der Waals surface area contributed by atoms with Crippen LogP contribution in [0.1, 0.15) is 55.1 Å². The Labute approximate surface area is 138 Å².